The largest absolute Gasteiger partial charge is 0.391 e. The lowest BCUT2D eigenvalue weighted by Crippen LogP contribution is -2.50. The van der Waals surface area contributed by atoms with Crippen LogP contribution < -0.4 is 5.32 Å². The lowest BCUT2D eigenvalue weighted by molar-refractivity contribution is -0.119. The summed E-state index contributed by atoms with van der Waals surface area (Å²) in [4.78, 5) is 12.6. The number of rotatable bonds is 4. The Morgan fingerprint density at radius 2 is 2.31 bits per heavy atom. The van der Waals surface area contributed by atoms with Crippen molar-refractivity contribution in [1.29, 1.82) is 0 Å². The quantitative estimate of drug-likeness (QED) is 0.790. The maximum absolute atomic E-state index is 11.6. The van der Waals surface area contributed by atoms with Gasteiger partial charge in [0.15, 0.2) is 0 Å². The molecule has 4 heteroatoms. The maximum atomic E-state index is 11.6. The van der Waals surface area contributed by atoms with Gasteiger partial charge in [-0.2, -0.15) is 0 Å². The third kappa shape index (κ3) is 3.79. The summed E-state index contributed by atoms with van der Waals surface area (Å²) >= 11 is 1.57. The van der Waals surface area contributed by atoms with Gasteiger partial charge >= 0.3 is 0 Å². The van der Waals surface area contributed by atoms with Crippen LogP contribution in [0.15, 0.2) is 23.6 Å². The van der Waals surface area contributed by atoms with Gasteiger partial charge in [0.1, 0.15) is 0 Å². The minimum atomic E-state index is -0.614. The van der Waals surface area contributed by atoms with Crippen molar-refractivity contribution in [2.75, 3.05) is 0 Å². The first-order chi connectivity index (χ1) is 7.42. The van der Waals surface area contributed by atoms with Crippen molar-refractivity contribution >= 4 is 23.3 Å². The molecule has 0 aliphatic heterocycles. The molecule has 0 radical (unpaired) electrons. The predicted molar refractivity (Wildman–Crippen MR) is 67.3 cm³/mol. The van der Waals surface area contributed by atoms with Crippen LogP contribution in [0.2, 0.25) is 0 Å². The second-order valence-electron chi connectivity index (χ2n) is 4.24. The van der Waals surface area contributed by atoms with E-state index in [-0.39, 0.29) is 5.91 Å². The Hall–Kier alpha value is -1.13. The van der Waals surface area contributed by atoms with Crippen LogP contribution in [-0.4, -0.2) is 22.7 Å². The van der Waals surface area contributed by atoms with E-state index < -0.39 is 11.6 Å². The van der Waals surface area contributed by atoms with Crippen molar-refractivity contribution in [3.8, 4) is 0 Å². The molecule has 0 aliphatic rings. The van der Waals surface area contributed by atoms with Crippen LogP contribution in [0, 0.1) is 0 Å². The molecule has 0 fully saturated rings. The SMILES string of the molecule is CC(O)C(C)(C)NC(=O)/C=C/c1cccs1. The van der Waals surface area contributed by atoms with Crippen molar-refractivity contribution in [1.82, 2.24) is 5.32 Å². The van der Waals surface area contributed by atoms with Crippen LogP contribution in [0.5, 0.6) is 0 Å². The number of aliphatic hydroxyl groups excluding tert-OH is 1. The maximum Gasteiger partial charge on any atom is 0.244 e. The third-order valence-corrected chi connectivity index (χ3v) is 3.27. The Bertz CT molecular complexity index is 366. The zero-order valence-corrected chi connectivity index (χ0v) is 10.5. The number of nitrogens with one attached hydrogen (secondary N) is 1. The van der Waals surface area contributed by atoms with Gasteiger partial charge in [0.25, 0.3) is 0 Å². The fraction of sp³-hybridized carbons (Fsp3) is 0.417. The van der Waals surface area contributed by atoms with Gasteiger partial charge in [0.2, 0.25) is 5.91 Å². The summed E-state index contributed by atoms with van der Waals surface area (Å²) in [5.74, 6) is -0.195. The Morgan fingerprint density at radius 3 is 2.81 bits per heavy atom. The van der Waals surface area contributed by atoms with Crippen LogP contribution in [-0.2, 0) is 4.79 Å². The smallest absolute Gasteiger partial charge is 0.244 e. The van der Waals surface area contributed by atoms with E-state index in [1.807, 2.05) is 17.5 Å². The second-order valence-corrected chi connectivity index (χ2v) is 5.21. The van der Waals surface area contributed by atoms with Gasteiger partial charge in [-0.15, -0.1) is 11.3 Å². The Labute approximate surface area is 99.8 Å². The van der Waals surface area contributed by atoms with Crippen LogP contribution in [0.25, 0.3) is 6.08 Å². The minimum absolute atomic E-state index is 0.195. The average Bonchev–Trinajstić information content (AvgIpc) is 2.66. The summed E-state index contributed by atoms with van der Waals surface area (Å²) < 4.78 is 0. The lowest BCUT2D eigenvalue weighted by Gasteiger charge is -2.28. The molecule has 0 saturated heterocycles. The highest BCUT2D eigenvalue weighted by atomic mass is 32.1. The van der Waals surface area contributed by atoms with Gasteiger partial charge in [-0.1, -0.05) is 6.07 Å². The molecule has 3 nitrogen and oxygen atoms in total. The first-order valence-electron chi connectivity index (χ1n) is 5.13. The van der Waals surface area contributed by atoms with E-state index >= 15 is 0 Å². The normalized spacial score (nSPS) is 14.0. The van der Waals surface area contributed by atoms with E-state index in [1.54, 1.807) is 38.2 Å². The fourth-order valence-electron chi connectivity index (χ4n) is 1.01. The van der Waals surface area contributed by atoms with Crippen LogP contribution >= 0.6 is 11.3 Å². The third-order valence-electron chi connectivity index (χ3n) is 2.43. The van der Waals surface area contributed by atoms with Crippen molar-refractivity contribution in [3.63, 3.8) is 0 Å². The highest BCUT2D eigenvalue weighted by Crippen LogP contribution is 2.11. The molecule has 1 aromatic rings. The molecule has 1 unspecified atom stereocenters. The molecular formula is C12H17NO2S. The van der Waals surface area contributed by atoms with Crippen molar-refractivity contribution in [3.05, 3.63) is 28.5 Å². The standard InChI is InChI=1S/C12H17NO2S/c1-9(14)12(2,3)13-11(15)7-6-10-5-4-8-16-10/h4-9,14H,1-3H3,(H,13,15)/b7-6+. The number of carbonyl (C=O) groups is 1. The van der Waals surface area contributed by atoms with E-state index in [0.29, 0.717) is 0 Å². The summed E-state index contributed by atoms with van der Waals surface area (Å²) in [6, 6.07) is 3.87. The molecule has 1 heterocycles. The number of hydrogen-bond acceptors (Lipinski definition) is 3. The fourth-order valence-corrected chi connectivity index (χ4v) is 1.63. The van der Waals surface area contributed by atoms with Crippen LogP contribution in [0.4, 0.5) is 0 Å². The van der Waals surface area contributed by atoms with E-state index in [0.717, 1.165) is 4.88 Å². The summed E-state index contributed by atoms with van der Waals surface area (Å²) in [5, 5.41) is 14.1. The second kappa shape index (κ2) is 5.27. The summed E-state index contributed by atoms with van der Waals surface area (Å²) in [6.07, 6.45) is 2.65. The number of hydrogen-bond donors (Lipinski definition) is 2. The zero-order valence-electron chi connectivity index (χ0n) is 9.73. The van der Waals surface area contributed by atoms with Crippen LogP contribution in [0.1, 0.15) is 25.6 Å². The van der Waals surface area contributed by atoms with E-state index in [4.69, 9.17) is 0 Å². The molecule has 0 spiro atoms. The molecule has 0 saturated carbocycles. The van der Waals surface area contributed by atoms with Crippen molar-refractivity contribution in [2.45, 2.75) is 32.4 Å². The van der Waals surface area contributed by atoms with Crippen molar-refractivity contribution in [2.24, 2.45) is 0 Å². The van der Waals surface area contributed by atoms with E-state index in [2.05, 4.69) is 5.32 Å². The number of amides is 1. The number of carbonyl (C=O) groups excluding carboxylic acids is 1. The Kier molecular flexibility index (Phi) is 4.26. The van der Waals surface area contributed by atoms with Crippen LogP contribution in [0.3, 0.4) is 0 Å². The predicted octanol–water partition coefficient (Wildman–Crippen LogP) is 2.04. The molecule has 2 N–H and O–H groups in total. The number of aliphatic hydroxyl groups is 1. The monoisotopic (exact) mass is 239 g/mol. The highest BCUT2D eigenvalue weighted by molar-refractivity contribution is 7.10. The highest BCUT2D eigenvalue weighted by Gasteiger charge is 2.24. The zero-order chi connectivity index (χ0) is 12.2. The topological polar surface area (TPSA) is 49.3 Å². The molecule has 0 aromatic carbocycles. The molecule has 1 atom stereocenters. The molecule has 1 aromatic heterocycles. The van der Waals surface area contributed by atoms with Gasteiger partial charge in [-0.05, 0) is 38.3 Å². The van der Waals surface area contributed by atoms with Crippen molar-refractivity contribution < 1.29 is 9.90 Å². The van der Waals surface area contributed by atoms with Gasteiger partial charge in [-0.25, -0.2) is 0 Å². The van der Waals surface area contributed by atoms with E-state index in [1.165, 1.54) is 6.08 Å². The molecule has 0 bridgehead atoms. The minimum Gasteiger partial charge on any atom is -0.391 e. The van der Waals surface area contributed by atoms with Gasteiger partial charge in [0.05, 0.1) is 11.6 Å². The molecule has 1 rings (SSSR count). The molecule has 1 amide bonds. The summed E-state index contributed by atoms with van der Waals surface area (Å²) in [5.41, 5.74) is -0.614. The van der Waals surface area contributed by atoms with Gasteiger partial charge in [-0.3, -0.25) is 4.79 Å². The summed E-state index contributed by atoms with van der Waals surface area (Å²) in [7, 11) is 0. The first kappa shape index (κ1) is 12.9. The van der Waals surface area contributed by atoms with E-state index in [9.17, 15) is 9.90 Å². The molecule has 88 valence electrons. The molecular weight excluding hydrogens is 222 g/mol. The average molecular weight is 239 g/mol. The Balaban J connectivity index is 2.54. The summed E-state index contributed by atoms with van der Waals surface area (Å²) in [6.45, 7) is 5.23. The number of thiophene rings is 1. The Morgan fingerprint density at radius 1 is 1.62 bits per heavy atom. The first-order valence-corrected chi connectivity index (χ1v) is 6.01. The van der Waals surface area contributed by atoms with Gasteiger partial charge < -0.3 is 10.4 Å². The molecule has 16 heavy (non-hydrogen) atoms. The molecule has 0 aliphatic carbocycles. The van der Waals surface area contributed by atoms with Gasteiger partial charge in [0, 0.05) is 11.0 Å². The lowest BCUT2D eigenvalue weighted by atomic mass is 9.99.